The third kappa shape index (κ3) is 4.07. The average Bonchev–Trinajstić information content (AvgIpc) is 2.82. The Kier molecular flexibility index (Phi) is 4.99. The summed E-state index contributed by atoms with van der Waals surface area (Å²) in [5.74, 6) is -0.993. The molecule has 9 heteroatoms. The molecule has 0 bridgehead atoms. The van der Waals surface area contributed by atoms with Gasteiger partial charge in [-0.15, -0.1) is 0 Å². The number of carbonyl (C=O) groups excluding carboxylic acids is 2. The molecule has 1 fully saturated rings. The van der Waals surface area contributed by atoms with E-state index in [1.165, 1.54) is 24.6 Å². The maximum absolute atomic E-state index is 11.9. The summed E-state index contributed by atoms with van der Waals surface area (Å²) in [5, 5.41) is 0. The summed E-state index contributed by atoms with van der Waals surface area (Å²) >= 11 is 0. The fourth-order valence-electron chi connectivity index (χ4n) is 2.36. The minimum atomic E-state index is -0.733. The third-order valence-electron chi connectivity index (χ3n) is 3.40. The summed E-state index contributed by atoms with van der Waals surface area (Å²) in [6.45, 7) is 3.97. The van der Waals surface area contributed by atoms with Gasteiger partial charge in [0.1, 0.15) is 25.0 Å². The monoisotopic (exact) mass is 326 g/mol. The van der Waals surface area contributed by atoms with Crippen molar-refractivity contribution in [1.29, 1.82) is 0 Å². The molecule has 1 aromatic heterocycles. The highest BCUT2D eigenvalue weighted by molar-refractivity contribution is 5.66. The molecule has 9 nitrogen and oxygen atoms in total. The van der Waals surface area contributed by atoms with Gasteiger partial charge in [0.2, 0.25) is 0 Å². The van der Waals surface area contributed by atoms with Crippen LogP contribution in [0, 0.1) is 6.92 Å². The number of aromatic amines is 1. The first-order valence-corrected chi connectivity index (χ1v) is 7.06. The number of hydrogen-bond acceptors (Lipinski definition) is 7. The van der Waals surface area contributed by atoms with E-state index in [9.17, 15) is 19.2 Å². The van der Waals surface area contributed by atoms with E-state index in [0.29, 0.717) is 5.56 Å². The molecular weight excluding hydrogens is 308 g/mol. The second-order valence-corrected chi connectivity index (χ2v) is 5.29. The van der Waals surface area contributed by atoms with Gasteiger partial charge in [0.15, 0.2) is 0 Å². The van der Waals surface area contributed by atoms with Gasteiger partial charge >= 0.3 is 17.6 Å². The lowest BCUT2D eigenvalue weighted by atomic mass is 10.2. The van der Waals surface area contributed by atoms with E-state index in [1.54, 1.807) is 6.92 Å². The summed E-state index contributed by atoms with van der Waals surface area (Å²) in [6.07, 6.45) is -0.493. The number of hydrogen-bond donors (Lipinski definition) is 1. The van der Waals surface area contributed by atoms with Gasteiger partial charge in [0.25, 0.3) is 5.56 Å². The Morgan fingerprint density at radius 2 is 2.04 bits per heavy atom. The molecule has 0 saturated carbocycles. The number of rotatable bonds is 4. The SMILES string of the molecule is CC(=O)OC[C@H]1O[C@@H](n2cc(C)c(=O)[nH]c2=O)CC1OC(C)=O. The van der Waals surface area contributed by atoms with Crippen molar-refractivity contribution < 1.29 is 23.8 Å². The van der Waals surface area contributed by atoms with Crippen molar-refractivity contribution in [1.82, 2.24) is 9.55 Å². The molecule has 23 heavy (non-hydrogen) atoms. The van der Waals surface area contributed by atoms with Crippen molar-refractivity contribution in [2.45, 2.75) is 45.6 Å². The molecule has 2 rings (SSSR count). The zero-order chi connectivity index (χ0) is 17.1. The summed E-state index contributed by atoms with van der Waals surface area (Å²) in [7, 11) is 0. The summed E-state index contributed by atoms with van der Waals surface area (Å²) < 4.78 is 17.0. The molecular formula is C14H18N2O7. The number of H-pyrrole nitrogens is 1. The molecule has 1 aliphatic rings. The maximum Gasteiger partial charge on any atom is 0.330 e. The van der Waals surface area contributed by atoms with Crippen LogP contribution in [0.15, 0.2) is 15.8 Å². The number of carbonyl (C=O) groups is 2. The van der Waals surface area contributed by atoms with Crippen LogP contribution >= 0.6 is 0 Å². The highest BCUT2D eigenvalue weighted by Crippen LogP contribution is 2.30. The zero-order valence-corrected chi connectivity index (χ0v) is 13.0. The van der Waals surface area contributed by atoms with E-state index >= 15 is 0 Å². The van der Waals surface area contributed by atoms with E-state index < -0.39 is 41.6 Å². The normalized spacial score (nSPS) is 23.5. The van der Waals surface area contributed by atoms with E-state index in [2.05, 4.69) is 4.98 Å². The number of ether oxygens (including phenoxy) is 3. The fraction of sp³-hybridized carbons (Fsp3) is 0.571. The van der Waals surface area contributed by atoms with Gasteiger partial charge in [-0.25, -0.2) is 4.79 Å². The van der Waals surface area contributed by atoms with E-state index in [4.69, 9.17) is 14.2 Å². The number of esters is 2. The first-order chi connectivity index (χ1) is 10.8. The molecule has 1 unspecified atom stereocenters. The lowest BCUT2D eigenvalue weighted by molar-refractivity contribution is -0.155. The lowest BCUT2D eigenvalue weighted by Gasteiger charge is -2.17. The molecule has 1 saturated heterocycles. The smallest absolute Gasteiger partial charge is 0.330 e. The summed E-state index contributed by atoms with van der Waals surface area (Å²) in [5.41, 5.74) is -0.752. The first kappa shape index (κ1) is 16.9. The van der Waals surface area contributed by atoms with Gasteiger partial charge in [-0.2, -0.15) is 0 Å². The standard InChI is InChI=1S/C14H18N2O7/c1-7-5-16(14(20)15-13(7)19)12-4-10(22-9(3)18)11(23-12)6-21-8(2)17/h5,10-12H,4,6H2,1-3H3,(H,15,19,20)/t10?,11-,12-/m1/s1. The largest absolute Gasteiger partial charge is 0.463 e. The van der Waals surface area contributed by atoms with Crippen molar-refractivity contribution in [2.24, 2.45) is 0 Å². The second kappa shape index (κ2) is 6.78. The molecule has 126 valence electrons. The molecule has 1 aromatic rings. The summed E-state index contributed by atoms with van der Waals surface area (Å²) in [4.78, 5) is 47.6. The zero-order valence-electron chi connectivity index (χ0n) is 13.0. The topological polar surface area (TPSA) is 117 Å². The highest BCUT2D eigenvalue weighted by atomic mass is 16.6. The Morgan fingerprint density at radius 1 is 1.35 bits per heavy atom. The number of nitrogens with one attached hydrogen (secondary N) is 1. The van der Waals surface area contributed by atoms with Crippen molar-refractivity contribution in [3.05, 3.63) is 32.6 Å². The van der Waals surface area contributed by atoms with Gasteiger partial charge in [-0.3, -0.25) is 23.9 Å². The van der Waals surface area contributed by atoms with Crippen LogP contribution in [-0.2, 0) is 23.8 Å². The molecule has 2 heterocycles. The van der Waals surface area contributed by atoms with Crippen LogP contribution < -0.4 is 11.2 Å². The second-order valence-electron chi connectivity index (χ2n) is 5.29. The maximum atomic E-state index is 11.9. The number of aryl methyl sites for hydroxylation is 1. The number of nitrogens with zero attached hydrogens (tertiary/aromatic N) is 1. The summed E-state index contributed by atoms with van der Waals surface area (Å²) in [6, 6.07) is 0. The van der Waals surface area contributed by atoms with E-state index in [0.717, 1.165) is 0 Å². The predicted octanol–water partition coefficient (Wildman–Crippen LogP) is -0.373. The van der Waals surface area contributed by atoms with Crippen LogP contribution in [0.5, 0.6) is 0 Å². The van der Waals surface area contributed by atoms with Gasteiger partial charge in [0.05, 0.1) is 0 Å². The number of aromatic nitrogens is 2. The van der Waals surface area contributed by atoms with Crippen molar-refractivity contribution >= 4 is 11.9 Å². The Balaban J connectivity index is 2.23. The van der Waals surface area contributed by atoms with E-state index in [-0.39, 0.29) is 13.0 Å². The van der Waals surface area contributed by atoms with E-state index in [1.807, 2.05) is 0 Å². The molecule has 1 N–H and O–H groups in total. The average molecular weight is 326 g/mol. The van der Waals surface area contributed by atoms with Crippen LogP contribution in [0.25, 0.3) is 0 Å². The fourth-order valence-corrected chi connectivity index (χ4v) is 2.36. The quantitative estimate of drug-likeness (QED) is 0.750. The minimum Gasteiger partial charge on any atom is -0.463 e. The molecule has 3 atom stereocenters. The van der Waals surface area contributed by atoms with Crippen molar-refractivity contribution in [3.8, 4) is 0 Å². The van der Waals surface area contributed by atoms with Crippen LogP contribution in [-0.4, -0.2) is 40.3 Å². The Bertz CT molecular complexity index is 721. The highest BCUT2D eigenvalue weighted by Gasteiger charge is 2.39. The van der Waals surface area contributed by atoms with Crippen molar-refractivity contribution in [2.75, 3.05) is 6.61 Å². The Labute approximate surface area is 131 Å². The molecule has 0 spiro atoms. The van der Waals surface area contributed by atoms with Gasteiger partial charge in [-0.05, 0) is 6.92 Å². The Morgan fingerprint density at radius 3 is 2.65 bits per heavy atom. The molecule has 0 radical (unpaired) electrons. The predicted molar refractivity (Wildman–Crippen MR) is 76.8 cm³/mol. The van der Waals surface area contributed by atoms with Crippen LogP contribution in [0.2, 0.25) is 0 Å². The first-order valence-electron chi connectivity index (χ1n) is 7.06. The van der Waals surface area contributed by atoms with Crippen LogP contribution in [0.4, 0.5) is 0 Å². The lowest BCUT2D eigenvalue weighted by Crippen LogP contribution is -2.33. The molecule has 1 aliphatic heterocycles. The molecule has 0 aliphatic carbocycles. The third-order valence-corrected chi connectivity index (χ3v) is 3.40. The van der Waals surface area contributed by atoms with Gasteiger partial charge in [0, 0.05) is 32.0 Å². The van der Waals surface area contributed by atoms with Crippen LogP contribution in [0.3, 0.4) is 0 Å². The molecule has 0 amide bonds. The van der Waals surface area contributed by atoms with Crippen LogP contribution in [0.1, 0.15) is 32.1 Å². The Hall–Kier alpha value is -2.42. The molecule has 0 aromatic carbocycles. The van der Waals surface area contributed by atoms with Gasteiger partial charge < -0.3 is 14.2 Å². The van der Waals surface area contributed by atoms with Crippen molar-refractivity contribution in [3.63, 3.8) is 0 Å². The minimum absolute atomic E-state index is 0.0964. The van der Waals surface area contributed by atoms with Gasteiger partial charge in [-0.1, -0.05) is 0 Å².